The summed E-state index contributed by atoms with van der Waals surface area (Å²) < 4.78 is 1.26. The van der Waals surface area contributed by atoms with Gasteiger partial charge in [0.1, 0.15) is 6.54 Å². The fourth-order valence-electron chi connectivity index (χ4n) is 3.75. The number of nitrogens with zero attached hydrogens (tertiary/aromatic N) is 4. The van der Waals surface area contributed by atoms with Crippen molar-refractivity contribution in [3.63, 3.8) is 0 Å². The molecule has 0 radical (unpaired) electrons. The number of hydrogen-bond donors (Lipinski definition) is 1. The minimum absolute atomic E-state index is 0.0928. The summed E-state index contributed by atoms with van der Waals surface area (Å²) >= 11 is 12.1. The standard InChI is InChI=1S/C23H23Cl2N5O3/c1-15-2-4-17(5-3-15)27-20(31)12-28-6-8-29(9-7-28)21(32)13-30-14-26-22-18(23(30)33)10-16(24)11-19(22)25/h2-5,10-11,14H,6-9,12-13H2,1H3,(H,27,31). The van der Waals surface area contributed by atoms with Crippen LogP contribution in [0.25, 0.3) is 10.9 Å². The second-order valence-electron chi connectivity index (χ2n) is 8.03. The number of fused-ring (bicyclic) bond motifs is 1. The van der Waals surface area contributed by atoms with E-state index >= 15 is 0 Å². The van der Waals surface area contributed by atoms with E-state index < -0.39 is 0 Å². The third kappa shape index (κ3) is 5.52. The molecule has 0 spiro atoms. The van der Waals surface area contributed by atoms with Gasteiger partial charge in [0, 0.05) is 36.9 Å². The number of carbonyl (C=O) groups excluding carboxylic acids is 2. The first kappa shape index (κ1) is 23.2. The second kappa shape index (κ2) is 9.91. The Hall–Kier alpha value is -2.94. The van der Waals surface area contributed by atoms with Crippen LogP contribution in [0.3, 0.4) is 0 Å². The van der Waals surface area contributed by atoms with Gasteiger partial charge < -0.3 is 10.2 Å². The average molecular weight is 488 g/mol. The number of rotatable bonds is 5. The molecule has 2 amide bonds. The Morgan fingerprint density at radius 3 is 2.42 bits per heavy atom. The van der Waals surface area contributed by atoms with Crippen molar-refractivity contribution in [3.05, 3.63) is 68.7 Å². The van der Waals surface area contributed by atoms with Crippen LogP contribution in [0.15, 0.2) is 47.5 Å². The number of aromatic nitrogens is 2. The quantitative estimate of drug-likeness (QED) is 0.597. The van der Waals surface area contributed by atoms with Gasteiger partial charge in [-0.1, -0.05) is 40.9 Å². The van der Waals surface area contributed by atoms with Crippen LogP contribution in [0.1, 0.15) is 5.56 Å². The molecule has 3 aromatic rings. The summed E-state index contributed by atoms with van der Waals surface area (Å²) in [4.78, 5) is 45.8. The first-order valence-corrected chi connectivity index (χ1v) is 11.3. The molecule has 0 bridgehead atoms. The van der Waals surface area contributed by atoms with Crippen LogP contribution in [0, 0.1) is 6.92 Å². The smallest absolute Gasteiger partial charge is 0.261 e. The van der Waals surface area contributed by atoms with E-state index in [-0.39, 0.29) is 40.9 Å². The molecule has 1 saturated heterocycles. The highest BCUT2D eigenvalue weighted by molar-refractivity contribution is 6.38. The van der Waals surface area contributed by atoms with Gasteiger partial charge >= 0.3 is 0 Å². The Morgan fingerprint density at radius 1 is 1.03 bits per heavy atom. The molecule has 1 aromatic heterocycles. The molecule has 0 unspecified atom stereocenters. The van der Waals surface area contributed by atoms with Crippen molar-refractivity contribution in [2.24, 2.45) is 0 Å². The molecule has 0 aliphatic carbocycles. The zero-order chi connectivity index (χ0) is 23.5. The fraction of sp³-hybridized carbons (Fsp3) is 0.304. The van der Waals surface area contributed by atoms with E-state index in [2.05, 4.69) is 10.3 Å². The first-order valence-electron chi connectivity index (χ1n) is 10.5. The van der Waals surface area contributed by atoms with Gasteiger partial charge in [0.2, 0.25) is 11.8 Å². The number of hydrogen-bond acceptors (Lipinski definition) is 5. The van der Waals surface area contributed by atoms with Crippen LogP contribution >= 0.6 is 23.2 Å². The van der Waals surface area contributed by atoms with Crippen LogP contribution in [-0.4, -0.2) is 63.9 Å². The molecule has 33 heavy (non-hydrogen) atoms. The molecule has 0 saturated carbocycles. The Kier molecular flexibility index (Phi) is 6.97. The van der Waals surface area contributed by atoms with E-state index in [9.17, 15) is 14.4 Å². The van der Waals surface area contributed by atoms with Gasteiger partial charge in [0.05, 0.1) is 28.8 Å². The van der Waals surface area contributed by atoms with Gasteiger partial charge in [0.25, 0.3) is 5.56 Å². The molecule has 1 aliphatic rings. The van der Waals surface area contributed by atoms with Gasteiger partial charge in [-0.05, 0) is 31.2 Å². The Morgan fingerprint density at radius 2 is 1.73 bits per heavy atom. The van der Waals surface area contributed by atoms with Gasteiger partial charge in [-0.15, -0.1) is 0 Å². The lowest BCUT2D eigenvalue weighted by Gasteiger charge is -2.34. The van der Waals surface area contributed by atoms with Gasteiger partial charge in [-0.25, -0.2) is 4.98 Å². The first-order chi connectivity index (χ1) is 15.8. The average Bonchev–Trinajstić information content (AvgIpc) is 2.78. The van der Waals surface area contributed by atoms with E-state index in [0.29, 0.717) is 36.7 Å². The van der Waals surface area contributed by atoms with Crippen molar-refractivity contribution in [3.8, 4) is 0 Å². The van der Waals surface area contributed by atoms with Crippen molar-refractivity contribution >= 4 is 51.6 Å². The molecule has 1 aliphatic heterocycles. The zero-order valence-electron chi connectivity index (χ0n) is 18.1. The van der Waals surface area contributed by atoms with E-state index in [1.807, 2.05) is 36.1 Å². The van der Waals surface area contributed by atoms with E-state index in [1.165, 1.54) is 23.0 Å². The van der Waals surface area contributed by atoms with Gasteiger partial charge in [-0.2, -0.15) is 0 Å². The summed E-state index contributed by atoms with van der Waals surface area (Å²) in [5.74, 6) is -0.278. The number of amides is 2. The Bertz CT molecular complexity index is 1250. The van der Waals surface area contributed by atoms with E-state index in [4.69, 9.17) is 23.2 Å². The Balaban J connectivity index is 1.32. The molecule has 1 N–H and O–H groups in total. The number of anilines is 1. The largest absolute Gasteiger partial charge is 0.339 e. The summed E-state index contributed by atoms with van der Waals surface area (Å²) in [6.45, 7) is 4.22. The number of halogens is 2. The summed E-state index contributed by atoms with van der Waals surface area (Å²) in [7, 11) is 0. The molecular formula is C23H23Cl2N5O3. The minimum atomic E-state index is -0.371. The summed E-state index contributed by atoms with van der Waals surface area (Å²) in [5, 5.41) is 3.78. The molecule has 10 heteroatoms. The molecular weight excluding hydrogens is 465 g/mol. The summed E-state index contributed by atoms with van der Waals surface area (Å²) in [6.07, 6.45) is 1.33. The topological polar surface area (TPSA) is 87.5 Å². The molecule has 2 aromatic carbocycles. The van der Waals surface area contributed by atoms with Crippen LogP contribution in [0.4, 0.5) is 5.69 Å². The van der Waals surface area contributed by atoms with Crippen molar-refractivity contribution < 1.29 is 9.59 Å². The molecule has 1 fully saturated rings. The lowest BCUT2D eigenvalue weighted by atomic mass is 10.2. The summed E-state index contributed by atoms with van der Waals surface area (Å²) in [5.41, 5.74) is 1.87. The van der Waals surface area contributed by atoms with Gasteiger partial charge in [0.15, 0.2) is 0 Å². The van der Waals surface area contributed by atoms with Crippen molar-refractivity contribution in [1.29, 1.82) is 0 Å². The maximum absolute atomic E-state index is 12.8. The Labute approximate surface area is 200 Å². The highest BCUT2D eigenvalue weighted by Crippen LogP contribution is 2.24. The monoisotopic (exact) mass is 487 g/mol. The van der Waals surface area contributed by atoms with Crippen LogP contribution in [0.2, 0.25) is 10.0 Å². The normalized spacial score (nSPS) is 14.5. The number of benzene rings is 2. The maximum Gasteiger partial charge on any atom is 0.261 e. The minimum Gasteiger partial charge on any atom is -0.339 e. The van der Waals surface area contributed by atoms with Crippen molar-refractivity contribution in [2.75, 3.05) is 38.0 Å². The predicted octanol–water partition coefficient (Wildman–Crippen LogP) is 2.79. The lowest BCUT2D eigenvalue weighted by molar-refractivity contribution is -0.133. The predicted molar refractivity (Wildman–Crippen MR) is 129 cm³/mol. The van der Waals surface area contributed by atoms with Crippen LogP contribution in [-0.2, 0) is 16.1 Å². The van der Waals surface area contributed by atoms with Gasteiger partial charge in [-0.3, -0.25) is 23.9 Å². The molecule has 172 valence electrons. The highest BCUT2D eigenvalue weighted by atomic mass is 35.5. The van der Waals surface area contributed by atoms with Crippen LogP contribution in [0.5, 0.6) is 0 Å². The zero-order valence-corrected chi connectivity index (χ0v) is 19.6. The highest BCUT2D eigenvalue weighted by Gasteiger charge is 2.23. The van der Waals surface area contributed by atoms with Crippen molar-refractivity contribution in [2.45, 2.75) is 13.5 Å². The van der Waals surface area contributed by atoms with E-state index in [1.54, 1.807) is 4.90 Å². The van der Waals surface area contributed by atoms with Crippen molar-refractivity contribution in [1.82, 2.24) is 19.4 Å². The second-order valence-corrected chi connectivity index (χ2v) is 8.88. The third-order valence-electron chi connectivity index (χ3n) is 5.58. The molecule has 2 heterocycles. The van der Waals surface area contributed by atoms with Crippen LogP contribution < -0.4 is 10.9 Å². The number of nitrogens with one attached hydrogen (secondary N) is 1. The van der Waals surface area contributed by atoms with E-state index in [0.717, 1.165) is 11.3 Å². The molecule has 8 nitrogen and oxygen atoms in total. The fourth-order valence-corrected chi connectivity index (χ4v) is 4.29. The molecule has 4 rings (SSSR count). The SMILES string of the molecule is Cc1ccc(NC(=O)CN2CCN(C(=O)Cn3cnc4c(Cl)cc(Cl)cc4c3=O)CC2)cc1. The summed E-state index contributed by atoms with van der Waals surface area (Å²) in [6, 6.07) is 10.7. The number of aryl methyl sites for hydroxylation is 1. The third-order valence-corrected chi connectivity index (χ3v) is 6.09. The number of piperazine rings is 1. The molecule has 0 atom stereocenters. The maximum atomic E-state index is 12.8. The number of carbonyl (C=O) groups is 2. The lowest BCUT2D eigenvalue weighted by Crippen LogP contribution is -2.51.